The molecule has 0 fully saturated rings. The highest BCUT2D eigenvalue weighted by atomic mass is 16.5. The maximum atomic E-state index is 11.5. The highest BCUT2D eigenvalue weighted by Crippen LogP contribution is 2.20. The van der Waals surface area contributed by atoms with E-state index in [4.69, 9.17) is 0 Å². The van der Waals surface area contributed by atoms with Crippen LogP contribution in [0.25, 0.3) is 0 Å². The van der Waals surface area contributed by atoms with Crippen molar-refractivity contribution in [1.29, 1.82) is 0 Å². The smallest absolute Gasteiger partial charge is 0.311 e. The van der Waals surface area contributed by atoms with E-state index in [0.717, 1.165) is 5.01 Å². The molecule has 0 saturated carbocycles. The maximum absolute atomic E-state index is 11.5. The molecular formula is C8H15N3O3. The summed E-state index contributed by atoms with van der Waals surface area (Å²) >= 11 is 0. The van der Waals surface area contributed by atoms with Crippen molar-refractivity contribution in [2.24, 2.45) is 5.10 Å². The van der Waals surface area contributed by atoms with Crippen molar-refractivity contribution < 1.29 is 15.0 Å². The normalized spacial score (nSPS) is 20.4. The lowest BCUT2D eigenvalue weighted by Gasteiger charge is -2.21. The fraction of sp³-hybridized carbons (Fsp3) is 0.750. The number of carbonyl (C=O) groups is 1. The summed E-state index contributed by atoms with van der Waals surface area (Å²) in [6.07, 6.45) is 0. The van der Waals surface area contributed by atoms with Crippen LogP contribution in [-0.2, 0) is 4.79 Å². The third-order valence-electron chi connectivity index (χ3n) is 1.93. The Hall–Kier alpha value is -1.14. The number of rotatable bonds is 1. The fourth-order valence-corrected chi connectivity index (χ4v) is 1.22. The fourth-order valence-electron chi connectivity index (χ4n) is 1.22. The molecule has 6 heteroatoms. The third kappa shape index (κ3) is 1.46. The van der Waals surface area contributed by atoms with Gasteiger partial charge in [0, 0.05) is 14.1 Å². The minimum atomic E-state index is -2.49. The summed E-state index contributed by atoms with van der Waals surface area (Å²) in [5, 5.41) is 23.9. The predicted octanol–water partition coefficient (Wildman–Crippen LogP) is -1.21. The SMILES string of the molecule is CC(C)N1N=C(N(C)C)C(O)(O)C1=O. The van der Waals surface area contributed by atoms with Crippen LogP contribution in [0.15, 0.2) is 5.10 Å². The largest absolute Gasteiger partial charge is 0.360 e. The molecule has 14 heavy (non-hydrogen) atoms. The van der Waals surface area contributed by atoms with E-state index in [1.165, 1.54) is 4.90 Å². The molecule has 0 saturated heterocycles. The first-order valence-electron chi connectivity index (χ1n) is 4.33. The van der Waals surface area contributed by atoms with Gasteiger partial charge in [-0.25, -0.2) is 5.01 Å². The van der Waals surface area contributed by atoms with E-state index in [-0.39, 0.29) is 11.9 Å². The second-order valence-electron chi connectivity index (χ2n) is 3.73. The van der Waals surface area contributed by atoms with Crippen molar-refractivity contribution in [3.63, 3.8) is 0 Å². The molecule has 0 aliphatic carbocycles. The number of carbonyl (C=O) groups excluding carboxylic acids is 1. The first kappa shape index (κ1) is 10.9. The molecule has 0 radical (unpaired) electrons. The summed E-state index contributed by atoms with van der Waals surface area (Å²) in [6, 6.07) is -0.196. The molecule has 1 aliphatic heterocycles. The second kappa shape index (κ2) is 3.21. The maximum Gasteiger partial charge on any atom is 0.311 e. The number of nitrogens with zero attached hydrogens (tertiary/aromatic N) is 3. The lowest BCUT2D eigenvalue weighted by atomic mass is 10.2. The van der Waals surface area contributed by atoms with E-state index in [2.05, 4.69) is 5.10 Å². The van der Waals surface area contributed by atoms with Crippen molar-refractivity contribution in [2.75, 3.05) is 14.1 Å². The topological polar surface area (TPSA) is 76.4 Å². The molecule has 0 spiro atoms. The molecule has 1 aliphatic rings. The Balaban J connectivity index is 3.06. The molecule has 0 unspecified atom stereocenters. The Labute approximate surface area is 82.4 Å². The Morgan fingerprint density at radius 3 is 2.14 bits per heavy atom. The molecule has 0 aromatic heterocycles. The van der Waals surface area contributed by atoms with Crippen molar-refractivity contribution >= 4 is 11.7 Å². The number of hydrazone groups is 1. The summed E-state index contributed by atoms with van der Waals surface area (Å²) in [5.41, 5.74) is 0. The number of hydrogen-bond donors (Lipinski definition) is 2. The van der Waals surface area contributed by atoms with Gasteiger partial charge in [0.1, 0.15) is 0 Å². The Kier molecular flexibility index (Phi) is 2.51. The summed E-state index contributed by atoms with van der Waals surface area (Å²) in [7, 11) is 3.19. The summed E-state index contributed by atoms with van der Waals surface area (Å²) in [5.74, 6) is -3.36. The van der Waals surface area contributed by atoms with Gasteiger partial charge in [0.05, 0.1) is 6.04 Å². The molecule has 0 aromatic carbocycles. The summed E-state index contributed by atoms with van der Waals surface area (Å²) in [6.45, 7) is 3.49. The standard InChI is InChI=1S/C8H15N3O3/c1-5(2)11-7(12)8(13,14)6(9-11)10(3)4/h5,13-14H,1-4H3. The molecule has 80 valence electrons. The van der Waals surface area contributed by atoms with Crippen molar-refractivity contribution in [2.45, 2.75) is 25.7 Å². The lowest BCUT2D eigenvalue weighted by Crippen LogP contribution is -2.51. The molecule has 6 nitrogen and oxygen atoms in total. The average molecular weight is 201 g/mol. The number of aliphatic hydroxyl groups is 2. The minimum Gasteiger partial charge on any atom is -0.360 e. The number of hydrogen-bond acceptors (Lipinski definition) is 5. The van der Waals surface area contributed by atoms with Crippen molar-refractivity contribution in [1.82, 2.24) is 9.91 Å². The van der Waals surface area contributed by atoms with Crippen LogP contribution in [0.4, 0.5) is 0 Å². The molecular weight excluding hydrogens is 186 g/mol. The number of amides is 1. The van der Waals surface area contributed by atoms with Gasteiger partial charge >= 0.3 is 11.7 Å². The van der Waals surface area contributed by atoms with Gasteiger partial charge in [0.2, 0.25) is 0 Å². The predicted molar refractivity (Wildman–Crippen MR) is 50.3 cm³/mol. The van der Waals surface area contributed by atoms with E-state index in [0.29, 0.717) is 0 Å². The molecule has 1 rings (SSSR count). The first-order chi connectivity index (χ1) is 6.28. The highest BCUT2D eigenvalue weighted by Gasteiger charge is 2.50. The zero-order valence-electron chi connectivity index (χ0n) is 8.72. The van der Waals surface area contributed by atoms with Gasteiger partial charge in [0.25, 0.3) is 0 Å². The van der Waals surface area contributed by atoms with Crippen LogP contribution < -0.4 is 0 Å². The first-order valence-corrected chi connectivity index (χ1v) is 4.33. The molecule has 1 heterocycles. The van der Waals surface area contributed by atoms with E-state index >= 15 is 0 Å². The molecule has 0 bridgehead atoms. The third-order valence-corrected chi connectivity index (χ3v) is 1.93. The molecule has 0 atom stereocenters. The summed E-state index contributed by atoms with van der Waals surface area (Å²) < 4.78 is 0. The number of likely N-dealkylation sites (N-methyl/N-ethyl adjacent to an activating group) is 1. The van der Waals surface area contributed by atoms with E-state index in [9.17, 15) is 15.0 Å². The molecule has 1 amide bonds. The highest BCUT2D eigenvalue weighted by molar-refractivity contribution is 6.12. The van der Waals surface area contributed by atoms with Crippen LogP contribution >= 0.6 is 0 Å². The van der Waals surface area contributed by atoms with Gasteiger partial charge in [-0.05, 0) is 13.8 Å². The van der Waals surface area contributed by atoms with Gasteiger partial charge in [-0.15, -0.1) is 5.10 Å². The van der Waals surface area contributed by atoms with Gasteiger partial charge in [-0.2, -0.15) is 0 Å². The van der Waals surface area contributed by atoms with Gasteiger partial charge in [0.15, 0.2) is 5.84 Å². The van der Waals surface area contributed by atoms with Crippen LogP contribution in [-0.4, -0.2) is 57.8 Å². The molecule has 2 N–H and O–H groups in total. The van der Waals surface area contributed by atoms with Crippen LogP contribution in [0.5, 0.6) is 0 Å². The Morgan fingerprint density at radius 1 is 1.43 bits per heavy atom. The second-order valence-corrected chi connectivity index (χ2v) is 3.73. The zero-order valence-corrected chi connectivity index (χ0v) is 8.72. The van der Waals surface area contributed by atoms with Gasteiger partial charge < -0.3 is 15.1 Å². The van der Waals surface area contributed by atoms with Crippen LogP contribution in [0.1, 0.15) is 13.8 Å². The van der Waals surface area contributed by atoms with E-state index in [1.807, 2.05) is 0 Å². The monoisotopic (exact) mass is 201 g/mol. The van der Waals surface area contributed by atoms with Crippen molar-refractivity contribution in [3.05, 3.63) is 0 Å². The molecule has 0 aromatic rings. The minimum absolute atomic E-state index is 0.0591. The lowest BCUT2D eigenvalue weighted by molar-refractivity contribution is -0.170. The average Bonchev–Trinajstić information content (AvgIpc) is 2.24. The van der Waals surface area contributed by atoms with Crippen molar-refractivity contribution in [3.8, 4) is 0 Å². The van der Waals surface area contributed by atoms with Gasteiger partial charge in [-0.3, -0.25) is 4.79 Å². The summed E-state index contributed by atoms with van der Waals surface area (Å²) in [4.78, 5) is 12.9. The van der Waals surface area contributed by atoms with Crippen LogP contribution in [0.2, 0.25) is 0 Å². The Morgan fingerprint density at radius 2 is 1.93 bits per heavy atom. The van der Waals surface area contributed by atoms with Crippen LogP contribution in [0.3, 0.4) is 0 Å². The van der Waals surface area contributed by atoms with E-state index < -0.39 is 11.7 Å². The van der Waals surface area contributed by atoms with Crippen LogP contribution in [0, 0.1) is 0 Å². The quantitative estimate of drug-likeness (QED) is 0.522. The van der Waals surface area contributed by atoms with Gasteiger partial charge in [-0.1, -0.05) is 0 Å². The zero-order chi connectivity index (χ0) is 11.1. The Bertz CT molecular complexity index is 284. The number of amidine groups is 1. The van der Waals surface area contributed by atoms with E-state index in [1.54, 1.807) is 27.9 Å².